The van der Waals surface area contributed by atoms with E-state index in [9.17, 15) is 18.3 Å². The van der Waals surface area contributed by atoms with Gasteiger partial charge in [-0.2, -0.15) is 18.3 Å². The fourth-order valence-electron chi connectivity index (χ4n) is 5.87. The van der Waals surface area contributed by atoms with Gasteiger partial charge in [0, 0.05) is 22.8 Å². The summed E-state index contributed by atoms with van der Waals surface area (Å²) in [6, 6.07) is 1.02. The first kappa shape index (κ1) is 23.6. The molecule has 1 saturated heterocycles. The van der Waals surface area contributed by atoms with Crippen LogP contribution in [0.1, 0.15) is 67.2 Å². The maximum atomic E-state index is 16.4. The number of nitrogens with two attached hydrogens (primary N) is 1. The first-order chi connectivity index (χ1) is 17.0. The number of nitrogen functional groups attached to an aromatic ring is 1. The number of hydrogen-bond acceptors (Lipinski definition) is 6. The van der Waals surface area contributed by atoms with Crippen molar-refractivity contribution in [2.24, 2.45) is 11.8 Å². The molecule has 3 aromatic heterocycles. The maximum absolute atomic E-state index is 16.4. The third-order valence-electron chi connectivity index (χ3n) is 8.06. The van der Waals surface area contributed by atoms with Gasteiger partial charge in [0.2, 0.25) is 0 Å². The van der Waals surface area contributed by atoms with Gasteiger partial charge in [-0.05, 0) is 57.7 Å². The fraction of sp³-hybridized carbons (Fsp3) is 0.560. The summed E-state index contributed by atoms with van der Waals surface area (Å²) in [6.07, 6.45) is -4.01. The van der Waals surface area contributed by atoms with Gasteiger partial charge in [-0.15, -0.1) is 0 Å². The van der Waals surface area contributed by atoms with Crippen LogP contribution in [0.15, 0.2) is 6.07 Å². The highest BCUT2D eigenvalue weighted by Gasteiger charge is 2.56. The Morgan fingerprint density at radius 2 is 1.83 bits per heavy atom. The Hall–Kier alpha value is -2.79. The van der Waals surface area contributed by atoms with E-state index in [1.54, 1.807) is 18.5 Å². The fourth-order valence-corrected chi connectivity index (χ4v) is 5.87. The molecule has 3 aromatic rings. The Labute approximate surface area is 205 Å². The van der Waals surface area contributed by atoms with Gasteiger partial charge >= 0.3 is 6.18 Å². The molecule has 2 aliphatic carbocycles. The normalized spacial score (nSPS) is 25.3. The number of aliphatic hydroxyl groups is 1. The molecule has 3 fully saturated rings. The van der Waals surface area contributed by atoms with Gasteiger partial charge in [0.1, 0.15) is 17.0 Å². The predicted molar refractivity (Wildman–Crippen MR) is 126 cm³/mol. The number of fused-ring (bicyclic) bond motifs is 2. The minimum atomic E-state index is -4.79. The number of pyridine rings is 2. The van der Waals surface area contributed by atoms with Crippen LogP contribution in [-0.2, 0) is 6.18 Å². The monoisotopic (exact) mass is 504 g/mol. The number of aliphatic hydroxyl groups excluding tert-OH is 1. The van der Waals surface area contributed by atoms with Crippen molar-refractivity contribution in [2.45, 2.75) is 63.8 Å². The summed E-state index contributed by atoms with van der Waals surface area (Å²) in [6.45, 7) is 6.25. The van der Waals surface area contributed by atoms with E-state index in [2.05, 4.69) is 15.3 Å². The molecular formula is C25H28F4N6O. The third-order valence-corrected chi connectivity index (χ3v) is 8.06. The number of hydrogen-bond donors (Lipinski definition) is 3. The molecule has 36 heavy (non-hydrogen) atoms. The van der Waals surface area contributed by atoms with Gasteiger partial charge < -0.3 is 16.2 Å². The van der Waals surface area contributed by atoms with Gasteiger partial charge in [-0.1, -0.05) is 6.92 Å². The van der Waals surface area contributed by atoms with Gasteiger partial charge in [-0.25, -0.2) is 14.4 Å². The summed E-state index contributed by atoms with van der Waals surface area (Å²) >= 11 is 0. The Morgan fingerprint density at radius 1 is 1.17 bits per heavy atom. The van der Waals surface area contributed by atoms with Crippen molar-refractivity contribution >= 4 is 16.7 Å². The SMILES string of the molecule is Cc1nc(N)cc(-c2nc(C(C)C(C)O)c3c(C4C5CNCC54)nn(C4CC4)c3c2F)c1C(F)(F)F. The molecule has 2 saturated carbocycles. The summed E-state index contributed by atoms with van der Waals surface area (Å²) in [5.74, 6) is -0.632. The Bertz CT molecular complexity index is 1370. The summed E-state index contributed by atoms with van der Waals surface area (Å²) < 4.78 is 60.5. The number of nitrogens with zero attached hydrogens (tertiary/aromatic N) is 4. The maximum Gasteiger partial charge on any atom is 0.418 e. The smallest absolute Gasteiger partial charge is 0.393 e. The molecule has 0 aromatic carbocycles. The van der Waals surface area contributed by atoms with Crippen molar-refractivity contribution in [3.63, 3.8) is 0 Å². The highest BCUT2D eigenvalue weighted by molar-refractivity contribution is 5.90. The van der Waals surface area contributed by atoms with Gasteiger partial charge in [0.05, 0.1) is 34.8 Å². The molecule has 4 unspecified atom stereocenters. The number of nitrogens with one attached hydrogen (secondary N) is 1. The highest BCUT2D eigenvalue weighted by atomic mass is 19.4. The van der Waals surface area contributed by atoms with Crippen LogP contribution in [0.25, 0.3) is 22.2 Å². The third kappa shape index (κ3) is 3.50. The summed E-state index contributed by atoms with van der Waals surface area (Å²) in [4.78, 5) is 8.29. The van der Waals surface area contributed by atoms with Crippen LogP contribution in [0.4, 0.5) is 23.4 Å². The zero-order valence-electron chi connectivity index (χ0n) is 20.2. The van der Waals surface area contributed by atoms with Crippen LogP contribution in [0.2, 0.25) is 0 Å². The van der Waals surface area contributed by atoms with Gasteiger partial charge in [0.25, 0.3) is 0 Å². The van der Waals surface area contributed by atoms with Crippen LogP contribution in [0.5, 0.6) is 0 Å². The number of aromatic nitrogens is 4. The second-order valence-electron chi connectivity index (χ2n) is 10.5. The number of rotatable bonds is 5. The summed E-state index contributed by atoms with van der Waals surface area (Å²) in [5.41, 5.74) is 4.77. The van der Waals surface area contributed by atoms with E-state index in [4.69, 9.17) is 10.8 Å². The van der Waals surface area contributed by atoms with Crippen LogP contribution in [0, 0.1) is 24.6 Å². The van der Waals surface area contributed by atoms with Crippen molar-refractivity contribution in [3.8, 4) is 11.3 Å². The minimum absolute atomic E-state index is 0.0104. The van der Waals surface area contributed by atoms with Crippen LogP contribution < -0.4 is 11.1 Å². The molecule has 4 atom stereocenters. The molecule has 0 radical (unpaired) electrons. The number of aryl methyl sites for hydroxylation is 1. The van der Waals surface area contributed by atoms with Crippen molar-refractivity contribution < 1.29 is 22.7 Å². The average molecular weight is 505 g/mol. The molecule has 192 valence electrons. The Balaban J connectivity index is 1.68. The quantitative estimate of drug-likeness (QED) is 0.448. The molecule has 7 nitrogen and oxygen atoms in total. The molecule has 6 rings (SSSR count). The lowest BCUT2D eigenvalue weighted by molar-refractivity contribution is -0.137. The van der Waals surface area contributed by atoms with E-state index in [0.717, 1.165) is 37.7 Å². The minimum Gasteiger partial charge on any atom is -0.393 e. The van der Waals surface area contributed by atoms with E-state index in [0.29, 0.717) is 22.9 Å². The topological polar surface area (TPSA) is 102 Å². The number of anilines is 1. The molecule has 0 spiro atoms. The Morgan fingerprint density at radius 3 is 2.42 bits per heavy atom. The molecule has 4 N–H and O–H groups in total. The lowest BCUT2D eigenvalue weighted by Crippen LogP contribution is -2.17. The molecular weight excluding hydrogens is 476 g/mol. The zero-order valence-corrected chi connectivity index (χ0v) is 20.2. The van der Waals surface area contributed by atoms with E-state index in [1.807, 2.05) is 0 Å². The number of halogens is 4. The first-order valence-electron chi connectivity index (χ1n) is 12.3. The van der Waals surface area contributed by atoms with Crippen molar-refractivity contribution in [2.75, 3.05) is 18.8 Å². The molecule has 11 heteroatoms. The number of alkyl halides is 3. The second kappa shape index (κ2) is 7.85. The first-order valence-corrected chi connectivity index (χ1v) is 12.3. The molecule has 1 aliphatic heterocycles. The molecule has 0 amide bonds. The molecule has 3 aliphatic rings. The van der Waals surface area contributed by atoms with Crippen LogP contribution in [-0.4, -0.2) is 44.0 Å². The second-order valence-corrected chi connectivity index (χ2v) is 10.5. The summed E-state index contributed by atoms with van der Waals surface area (Å²) in [7, 11) is 0. The van der Waals surface area contributed by atoms with Gasteiger partial charge in [-0.3, -0.25) is 4.68 Å². The standard InChI is InChI=1S/C25H28F4N6O/c1-9(11(3)36)21-18-23(17-14-7-31-8-15(14)17)34-35(12-4-5-12)24(18)20(26)22(33-21)13-6-16(30)32-10(2)19(13)25(27,28)29/h6,9,11-12,14-15,17,31,36H,4-5,7-8H2,1-3H3,(H2,30,32). The van der Waals surface area contributed by atoms with E-state index >= 15 is 4.39 Å². The van der Waals surface area contributed by atoms with E-state index in [1.165, 1.54) is 6.92 Å². The van der Waals surface area contributed by atoms with Crippen molar-refractivity contribution in [1.29, 1.82) is 0 Å². The van der Waals surface area contributed by atoms with Crippen LogP contribution >= 0.6 is 0 Å². The summed E-state index contributed by atoms with van der Waals surface area (Å²) in [5, 5.41) is 19.2. The lowest BCUT2D eigenvalue weighted by Gasteiger charge is -2.20. The van der Waals surface area contributed by atoms with Crippen molar-refractivity contribution in [1.82, 2.24) is 25.1 Å². The lowest BCUT2D eigenvalue weighted by atomic mass is 9.93. The Kier molecular flexibility index (Phi) is 5.15. The average Bonchev–Trinajstić information content (AvgIpc) is 3.66. The highest BCUT2D eigenvalue weighted by Crippen LogP contribution is 2.58. The zero-order chi connectivity index (χ0) is 25.7. The predicted octanol–water partition coefficient (Wildman–Crippen LogP) is 4.29. The van der Waals surface area contributed by atoms with E-state index < -0.39 is 40.8 Å². The molecule has 4 heterocycles. The number of piperidine rings is 1. The van der Waals surface area contributed by atoms with Gasteiger partial charge in [0.15, 0.2) is 5.82 Å². The largest absolute Gasteiger partial charge is 0.418 e. The van der Waals surface area contributed by atoms with E-state index in [-0.39, 0.29) is 29.0 Å². The van der Waals surface area contributed by atoms with Crippen molar-refractivity contribution in [3.05, 3.63) is 34.5 Å². The van der Waals surface area contributed by atoms with Crippen LogP contribution in [0.3, 0.4) is 0 Å². The molecule has 0 bridgehead atoms.